The molecule has 4 aromatic rings. The summed E-state index contributed by atoms with van der Waals surface area (Å²) in [7, 11) is 1.74. The number of pyridine rings is 1. The number of fused-ring (bicyclic) bond motifs is 1. The Hall–Kier alpha value is -3.55. The van der Waals surface area contributed by atoms with E-state index in [0.717, 1.165) is 12.2 Å². The molecule has 0 radical (unpaired) electrons. The number of hydrogen-bond acceptors (Lipinski definition) is 5. The van der Waals surface area contributed by atoms with Crippen molar-refractivity contribution in [2.24, 2.45) is 0 Å². The molecule has 148 valence electrons. The number of carbonyl (C=O) groups is 1. The van der Waals surface area contributed by atoms with Crippen molar-refractivity contribution in [2.45, 2.75) is 26.9 Å². The highest BCUT2D eigenvalue weighted by molar-refractivity contribution is 6.09. The van der Waals surface area contributed by atoms with Crippen LogP contribution in [-0.4, -0.2) is 37.8 Å². The molecule has 0 atom stereocenters. The Bertz CT molecular complexity index is 1180. The first-order valence-electron chi connectivity index (χ1n) is 9.27. The minimum atomic E-state index is -0.348. The minimum Gasteiger partial charge on any atom is -0.336 e. The second kappa shape index (κ2) is 7.46. The van der Waals surface area contributed by atoms with Crippen molar-refractivity contribution in [1.29, 1.82) is 0 Å². The molecule has 0 fully saturated rings. The highest BCUT2D eigenvalue weighted by Gasteiger charge is 2.23. The molecular formula is C21H20FN5O2. The Labute approximate surface area is 166 Å². The molecule has 0 spiro atoms. The molecule has 1 aromatic carbocycles. The lowest BCUT2D eigenvalue weighted by Gasteiger charge is -2.18. The van der Waals surface area contributed by atoms with Gasteiger partial charge in [-0.15, -0.1) is 0 Å². The molecule has 0 N–H and O–H groups in total. The third-order valence-electron chi connectivity index (χ3n) is 4.77. The van der Waals surface area contributed by atoms with Crippen molar-refractivity contribution in [2.75, 3.05) is 7.05 Å². The highest BCUT2D eigenvalue weighted by atomic mass is 19.1. The van der Waals surface area contributed by atoms with Gasteiger partial charge in [0.1, 0.15) is 11.5 Å². The fraction of sp³-hybridized carbons (Fsp3) is 0.238. The van der Waals surface area contributed by atoms with Crippen LogP contribution in [0.4, 0.5) is 4.39 Å². The van der Waals surface area contributed by atoms with Crippen LogP contribution < -0.4 is 0 Å². The standard InChI is InChI=1S/C21H20FN5O2/c1-4-27-16(9-10-23-27)12-26(3)21(28)17-11-13(2)24-20-18(17)19(25-29-20)14-5-7-15(22)8-6-14/h5-11H,4,12H2,1-3H3. The number of rotatable bonds is 5. The molecule has 0 saturated carbocycles. The summed E-state index contributed by atoms with van der Waals surface area (Å²) in [5, 5.41) is 8.86. The topological polar surface area (TPSA) is 77.0 Å². The Morgan fingerprint density at radius 2 is 2.00 bits per heavy atom. The Morgan fingerprint density at radius 1 is 1.24 bits per heavy atom. The van der Waals surface area contributed by atoms with E-state index in [-0.39, 0.29) is 17.4 Å². The number of halogens is 1. The SMILES string of the molecule is CCn1nccc1CN(C)C(=O)c1cc(C)nc2onc(-c3ccc(F)cc3)c12. The number of benzene rings is 1. The van der Waals surface area contributed by atoms with Gasteiger partial charge < -0.3 is 9.42 Å². The van der Waals surface area contributed by atoms with Crippen LogP contribution in [-0.2, 0) is 13.1 Å². The highest BCUT2D eigenvalue weighted by Crippen LogP contribution is 2.31. The largest absolute Gasteiger partial charge is 0.336 e. The van der Waals surface area contributed by atoms with Crippen molar-refractivity contribution >= 4 is 17.0 Å². The first-order chi connectivity index (χ1) is 14.0. The number of amides is 1. The van der Waals surface area contributed by atoms with Crippen molar-refractivity contribution < 1.29 is 13.7 Å². The van der Waals surface area contributed by atoms with E-state index in [2.05, 4.69) is 15.2 Å². The summed E-state index contributed by atoms with van der Waals surface area (Å²) in [5.41, 5.74) is 3.42. The first kappa shape index (κ1) is 18.8. The maximum Gasteiger partial charge on any atom is 0.259 e. The van der Waals surface area contributed by atoms with E-state index >= 15 is 0 Å². The minimum absolute atomic E-state index is 0.184. The summed E-state index contributed by atoms with van der Waals surface area (Å²) in [5.74, 6) is -0.532. The van der Waals surface area contributed by atoms with Gasteiger partial charge in [0, 0.05) is 31.0 Å². The zero-order valence-electron chi connectivity index (χ0n) is 16.4. The molecule has 0 aliphatic rings. The number of aryl methyl sites for hydroxylation is 2. The monoisotopic (exact) mass is 393 g/mol. The van der Waals surface area contributed by atoms with E-state index in [1.807, 2.05) is 17.7 Å². The van der Waals surface area contributed by atoms with Crippen LogP contribution in [0.25, 0.3) is 22.4 Å². The van der Waals surface area contributed by atoms with Crippen LogP contribution in [0.15, 0.2) is 47.1 Å². The lowest BCUT2D eigenvalue weighted by atomic mass is 10.0. The smallest absolute Gasteiger partial charge is 0.259 e. The molecule has 4 rings (SSSR count). The second-order valence-electron chi connectivity index (χ2n) is 6.83. The van der Waals surface area contributed by atoms with Gasteiger partial charge in [-0.2, -0.15) is 5.10 Å². The van der Waals surface area contributed by atoms with Crippen LogP contribution in [0.5, 0.6) is 0 Å². The van der Waals surface area contributed by atoms with Gasteiger partial charge in [-0.05, 0) is 50.2 Å². The van der Waals surface area contributed by atoms with E-state index in [1.165, 1.54) is 12.1 Å². The molecule has 0 saturated heterocycles. The molecule has 0 bridgehead atoms. The number of carbonyl (C=O) groups excluding carboxylic acids is 1. The molecule has 8 heteroatoms. The van der Waals surface area contributed by atoms with E-state index < -0.39 is 0 Å². The maximum atomic E-state index is 13.3. The van der Waals surface area contributed by atoms with Gasteiger partial charge in [0.25, 0.3) is 11.6 Å². The molecule has 0 aliphatic heterocycles. The third kappa shape index (κ3) is 3.49. The van der Waals surface area contributed by atoms with Gasteiger partial charge in [0.05, 0.1) is 23.2 Å². The molecule has 29 heavy (non-hydrogen) atoms. The zero-order valence-corrected chi connectivity index (χ0v) is 16.4. The predicted octanol–water partition coefficient (Wildman–Crippen LogP) is 3.83. The maximum absolute atomic E-state index is 13.3. The number of hydrogen-bond donors (Lipinski definition) is 0. The van der Waals surface area contributed by atoms with Crippen LogP contribution in [0.3, 0.4) is 0 Å². The summed E-state index contributed by atoms with van der Waals surface area (Å²) in [6.45, 7) is 4.93. The van der Waals surface area contributed by atoms with E-state index in [0.29, 0.717) is 34.4 Å². The lowest BCUT2D eigenvalue weighted by molar-refractivity contribution is 0.0783. The van der Waals surface area contributed by atoms with Crippen molar-refractivity contribution in [3.63, 3.8) is 0 Å². The molecule has 3 heterocycles. The average molecular weight is 393 g/mol. The van der Waals surface area contributed by atoms with Gasteiger partial charge in [0.2, 0.25) is 0 Å². The van der Waals surface area contributed by atoms with Crippen LogP contribution in [0.2, 0.25) is 0 Å². The average Bonchev–Trinajstić information content (AvgIpc) is 3.33. The summed E-state index contributed by atoms with van der Waals surface area (Å²) in [4.78, 5) is 19.3. The van der Waals surface area contributed by atoms with Crippen molar-refractivity contribution in [3.8, 4) is 11.3 Å². The van der Waals surface area contributed by atoms with Gasteiger partial charge in [-0.1, -0.05) is 5.16 Å². The summed E-state index contributed by atoms with van der Waals surface area (Å²) >= 11 is 0. The normalized spacial score (nSPS) is 11.2. The zero-order chi connectivity index (χ0) is 20.5. The van der Waals surface area contributed by atoms with Crippen molar-refractivity contribution in [1.82, 2.24) is 24.8 Å². The van der Waals surface area contributed by atoms with Crippen LogP contribution >= 0.6 is 0 Å². The molecule has 3 aromatic heterocycles. The number of aromatic nitrogens is 4. The van der Waals surface area contributed by atoms with Gasteiger partial charge in [0.15, 0.2) is 0 Å². The van der Waals surface area contributed by atoms with E-state index in [9.17, 15) is 9.18 Å². The van der Waals surface area contributed by atoms with Crippen LogP contribution in [0.1, 0.15) is 28.7 Å². The van der Waals surface area contributed by atoms with Gasteiger partial charge in [-0.25, -0.2) is 9.37 Å². The van der Waals surface area contributed by atoms with E-state index in [1.54, 1.807) is 43.3 Å². The summed E-state index contributed by atoms with van der Waals surface area (Å²) in [6.07, 6.45) is 1.72. The molecular weight excluding hydrogens is 373 g/mol. The third-order valence-corrected chi connectivity index (χ3v) is 4.77. The molecule has 0 unspecified atom stereocenters. The molecule has 1 amide bonds. The summed E-state index contributed by atoms with van der Waals surface area (Å²) < 4.78 is 20.6. The van der Waals surface area contributed by atoms with Gasteiger partial charge in [-0.3, -0.25) is 9.48 Å². The Morgan fingerprint density at radius 3 is 2.72 bits per heavy atom. The molecule has 0 aliphatic carbocycles. The quantitative estimate of drug-likeness (QED) is 0.515. The van der Waals surface area contributed by atoms with Crippen molar-refractivity contribution in [3.05, 3.63) is 65.4 Å². The first-order valence-corrected chi connectivity index (χ1v) is 9.27. The van der Waals surface area contributed by atoms with E-state index in [4.69, 9.17) is 4.52 Å². The lowest BCUT2D eigenvalue weighted by Crippen LogP contribution is -2.27. The van der Waals surface area contributed by atoms with Gasteiger partial charge >= 0.3 is 0 Å². The fourth-order valence-electron chi connectivity index (χ4n) is 3.35. The van der Waals surface area contributed by atoms with Crippen LogP contribution in [0, 0.1) is 12.7 Å². The Kier molecular flexibility index (Phi) is 4.84. The second-order valence-corrected chi connectivity index (χ2v) is 6.83. The molecule has 7 nitrogen and oxygen atoms in total. The fourth-order valence-corrected chi connectivity index (χ4v) is 3.35. The number of nitrogens with zero attached hydrogens (tertiary/aromatic N) is 5. The summed E-state index contributed by atoms with van der Waals surface area (Å²) in [6, 6.07) is 9.51. The Balaban J connectivity index is 1.77. The predicted molar refractivity (Wildman–Crippen MR) is 106 cm³/mol.